The van der Waals surface area contributed by atoms with Crippen molar-refractivity contribution in [3.63, 3.8) is 0 Å². The van der Waals surface area contributed by atoms with Gasteiger partial charge in [0, 0.05) is 18.4 Å². The number of allylic oxidation sites excluding steroid dienone is 3. The van der Waals surface area contributed by atoms with Gasteiger partial charge >= 0.3 is 0 Å². The van der Waals surface area contributed by atoms with Gasteiger partial charge in [0.05, 0.1) is 18.3 Å². The highest BCUT2D eigenvalue weighted by atomic mass is 16.5. The molecule has 1 heterocycles. The molecule has 1 aliphatic carbocycles. The van der Waals surface area contributed by atoms with Gasteiger partial charge < -0.3 is 9.47 Å². The Hall–Kier alpha value is -2.58. The van der Waals surface area contributed by atoms with E-state index in [9.17, 15) is 10.1 Å². The first-order chi connectivity index (χ1) is 11.4. The summed E-state index contributed by atoms with van der Waals surface area (Å²) < 4.78 is 10.9. The molecule has 0 saturated heterocycles. The fourth-order valence-electron chi connectivity index (χ4n) is 3.31. The molecule has 0 bridgehead atoms. The van der Waals surface area contributed by atoms with Crippen LogP contribution in [0.4, 0.5) is 0 Å². The lowest BCUT2D eigenvalue weighted by Crippen LogP contribution is -2.36. The Balaban J connectivity index is 2.19. The molecule has 0 fully saturated rings. The minimum absolute atomic E-state index is 0.00767. The third-order valence-corrected chi connectivity index (χ3v) is 4.41. The number of nitrogens with zero attached hydrogens (tertiary/aromatic N) is 1. The predicted molar refractivity (Wildman–Crippen MR) is 89.6 cm³/mol. The summed E-state index contributed by atoms with van der Waals surface area (Å²) in [6.45, 7) is 4.06. The molecule has 0 radical (unpaired) electrons. The van der Waals surface area contributed by atoms with Crippen LogP contribution in [-0.2, 0) is 9.53 Å². The minimum atomic E-state index is -0.854. The summed E-state index contributed by atoms with van der Waals surface area (Å²) in [7, 11) is 1.59. The maximum Gasteiger partial charge on any atom is 0.184 e. The number of hydrogen-bond donors (Lipinski definition) is 1. The second-order valence-corrected chi connectivity index (χ2v) is 6.91. The second kappa shape index (κ2) is 5.81. The summed E-state index contributed by atoms with van der Waals surface area (Å²) in [6, 6.07) is 9.39. The molecule has 1 atom stereocenters. The van der Waals surface area contributed by atoms with E-state index >= 15 is 0 Å². The Morgan fingerprint density at radius 3 is 2.50 bits per heavy atom. The van der Waals surface area contributed by atoms with Crippen molar-refractivity contribution in [2.45, 2.75) is 32.9 Å². The first kappa shape index (κ1) is 16.3. The molecule has 1 aliphatic heterocycles. The van der Waals surface area contributed by atoms with E-state index in [1.165, 1.54) is 0 Å². The van der Waals surface area contributed by atoms with Crippen LogP contribution in [-0.4, -0.2) is 19.1 Å². The highest BCUT2D eigenvalue weighted by molar-refractivity contribution is 6.13. The van der Waals surface area contributed by atoms with Crippen LogP contribution in [0.25, 0.3) is 5.57 Å². The average Bonchev–Trinajstić information content (AvgIpc) is 2.52. The largest absolute Gasteiger partial charge is 0.497 e. The molecule has 0 saturated carbocycles. The van der Waals surface area contributed by atoms with E-state index in [4.69, 9.17) is 15.2 Å². The van der Waals surface area contributed by atoms with Gasteiger partial charge in [-0.25, -0.2) is 0 Å². The topological polar surface area (TPSA) is 85.3 Å². The summed E-state index contributed by atoms with van der Waals surface area (Å²) in [5, 5.41) is 9.55. The monoisotopic (exact) mass is 324 g/mol. The van der Waals surface area contributed by atoms with Gasteiger partial charge in [0.1, 0.15) is 17.6 Å². The SMILES string of the molecule is COc1ccc(C2=C(C#N)C(N)OC3=C2C(=O)CC(C)(C)C3)cc1. The van der Waals surface area contributed by atoms with E-state index in [2.05, 4.69) is 6.07 Å². The third kappa shape index (κ3) is 2.70. The number of rotatable bonds is 2. The first-order valence-corrected chi connectivity index (χ1v) is 7.84. The minimum Gasteiger partial charge on any atom is -0.497 e. The zero-order valence-corrected chi connectivity index (χ0v) is 14.1. The number of Topliss-reactive ketones (excluding diaryl/α,β-unsaturated/α-hetero) is 1. The third-order valence-electron chi connectivity index (χ3n) is 4.41. The number of nitrogens with two attached hydrogens (primary N) is 1. The standard InChI is InChI=1S/C19H20N2O3/c1-19(2)8-14(22)17-15(9-19)24-18(21)13(10-20)16(17)11-4-6-12(23-3)7-5-11/h4-7,18H,8-9,21H2,1-3H3. The summed E-state index contributed by atoms with van der Waals surface area (Å²) in [6.07, 6.45) is 0.190. The Morgan fingerprint density at radius 2 is 1.92 bits per heavy atom. The molecule has 0 amide bonds. The molecule has 0 aromatic heterocycles. The van der Waals surface area contributed by atoms with Gasteiger partial charge in [-0.15, -0.1) is 0 Å². The molecule has 1 unspecified atom stereocenters. The second-order valence-electron chi connectivity index (χ2n) is 6.91. The van der Waals surface area contributed by atoms with Crippen LogP contribution in [0.5, 0.6) is 5.75 Å². The van der Waals surface area contributed by atoms with Crippen LogP contribution in [0, 0.1) is 16.7 Å². The maximum atomic E-state index is 12.8. The van der Waals surface area contributed by atoms with Crippen LogP contribution < -0.4 is 10.5 Å². The van der Waals surface area contributed by atoms with Crippen molar-refractivity contribution in [1.82, 2.24) is 0 Å². The number of carbonyl (C=O) groups excluding carboxylic acids is 1. The van der Waals surface area contributed by atoms with Gasteiger partial charge in [0.2, 0.25) is 0 Å². The summed E-state index contributed by atoms with van der Waals surface area (Å²) in [5.41, 5.74) is 8.01. The van der Waals surface area contributed by atoms with Gasteiger partial charge in [0.15, 0.2) is 12.0 Å². The molecule has 1 aromatic carbocycles. The van der Waals surface area contributed by atoms with Crippen molar-refractivity contribution in [1.29, 1.82) is 5.26 Å². The molecule has 5 nitrogen and oxygen atoms in total. The number of nitriles is 1. The zero-order chi connectivity index (χ0) is 17.5. The van der Waals surface area contributed by atoms with E-state index in [0.717, 1.165) is 5.56 Å². The summed E-state index contributed by atoms with van der Waals surface area (Å²) >= 11 is 0. The number of benzene rings is 1. The lowest BCUT2D eigenvalue weighted by atomic mass is 9.72. The smallest absolute Gasteiger partial charge is 0.184 e. The number of ether oxygens (including phenoxy) is 2. The highest BCUT2D eigenvalue weighted by Crippen LogP contribution is 2.45. The van der Waals surface area contributed by atoms with Crippen molar-refractivity contribution in [2.24, 2.45) is 11.1 Å². The van der Waals surface area contributed by atoms with Crippen molar-refractivity contribution in [3.05, 3.63) is 46.7 Å². The molecular weight excluding hydrogens is 304 g/mol. The van der Waals surface area contributed by atoms with Crippen LogP contribution >= 0.6 is 0 Å². The van der Waals surface area contributed by atoms with E-state index in [1.54, 1.807) is 19.2 Å². The molecule has 124 valence electrons. The summed E-state index contributed by atoms with van der Waals surface area (Å²) in [5.74, 6) is 1.29. The number of hydrogen-bond acceptors (Lipinski definition) is 5. The predicted octanol–water partition coefficient (Wildman–Crippen LogP) is 2.93. The van der Waals surface area contributed by atoms with Crippen LogP contribution in [0.15, 0.2) is 41.2 Å². The number of methoxy groups -OCH3 is 1. The molecule has 1 aromatic rings. The highest BCUT2D eigenvalue weighted by Gasteiger charge is 2.40. The first-order valence-electron chi connectivity index (χ1n) is 7.84. The molecule has 0 spiro atoms. The Morgan fingerprint density at radius 1 is 1.25 bits per heavy atom. The van der Waals surface area contributed by atoms with Gasteiger partial charge in [-0.3, -0.25) is 10.5 Å². The normalized spacial score (nSPS) is 22.6. The van der Waals surface area contributed by atoms with E-state index in [1.807, 2.05) is 26.0 Å². The molecule has 2 aliphatic rings. The Labute approximate surface area is 141 Å². The lowest BCUT2D eigenvalue weighted by Gasteiger charge is -2.37. The van der Waals surface area contributed by atoms with Crippen molar-refractivity contribution >= 4 is 11.4 Å². The average molecular weight is 324 g/mol. The molecule has 2 N–H and O–H groups in total. The molecule has 24 heavy (non-hydrogen) atoms. The van der Waals surface area contributed by atoms with Crippen molar-refractivity contribution < 1.29 is 14.3 Å². The fraction of sp³-hybridized carbons (Fsp3) is 0.368. The van der Waals surface area contributed by atoms with Crippen LogP contribution in [0.2, 0.25) is 0 Å². The van der Waals surface area contributed by atoms with Gasteiger partial charge in [-0.1, -0.05) is 26.0 Å². The quantitative estimate of drug-likeness (QED) is 0.904. The van der Waals surface area contributed by atoms with Crippen molar-refractivity contribution in [2.75, 3.05) is 7.11 Å². The van der Waals surface area contributed by atoms with E-state index in [0.29, 0.717) is 35.5 Å². The van der Waals surface area contributed by atoms with E-state index in [-0.39, 0.29) is 16.8 Å². The van der Waals surface area contributed by atoms with Crippen LogP contribution in [0.1, 0.15) is 32.3 Å². The number of ketones is 1. The van der Waals surface area contributed by atoms with Gasteiger partial charge in [0.25, 0.3) is 0 Å². The van der Waals surface area contributed by atoms with Gasteiger partial charge in [-0.05, 0) is 23.1 Å². The van der Waals surface area contributed by atoms with Crippen LogP contribution in [0.3, 0.4) is 0 Å². The van der Waals surface area contributed by atoms with Crippen molar-refractivity contribution in [3.8, 4) is 11.8 Å². The van der Waals surface area contributed by atoms with E-state index < -0.39 is 6.23 Å². The molecule has 5 heteroatoms. The summed E-state index contributed by atoms with van der Waals surface area (Å²) in [4.78, 5) is 12.8. The number of carbonyl (C=O) groups is 1. The molecule has 3 rings (SSSR count). The van der Waals surface area contributed by atoms with Gasteiger partial charge in [-0.2, -0.15) is 5.26 Å². The Kier molecular flexibility index (Phi) is 3.94. The fourth-order valence-corrected chi connectivity index (χ4v) is 3.31. The lowest BCUT2D eigenvalue weighted by molar-refractivity contribution is -0.118. The zero-order valence-electron chi connectivity index (χ0n) is 14.1. The molecular formula is C19H20N2O3. The Bertz CT molecular complexity index is 795. The maximum absolute atomic E-state index is 12.8.